The number of benzene rings is 2. The van der Waals surface area contributed by atoms with Gasteiger partial charge in [0, 0.05) is 23.3 Å². The Bertz CT molecular complexity index is 952. The summed E-state index contributed by atoms with van der Waals surface area (Å²) in [7, 11) is 0. The molecule has 1 atom stereocenters. The molecule has 0 aromatic heterocycles. The average molecular weight is 408 g/mol. The second-order valence-electron chi connectivity index (χ2n) is 5.75. The molecule has 1 aliphatic heterocycles. The van der Waals surface area contributed by atoms with Crippen LogP contribution in [0.3, 0.4) is 0 Å². The fraction of sp³-hybridized carbons (Fsp3) is 0.0526. The van der Waals surface area contributed by atoms with Crippen LogP contribution in [0.25, 0.3) is 5.57 Å². The highest BCUT2D eigenvalue weighted by Gasteiger charge is 2.31. The van der Waals surface area contributed by atoms with Gasteiger partial charge in [-0.05, 0) is 53.6 Å². The van der Waals surface area contributed by atoms with Gasteiger partial charge in [-0.15, -0.1) is 13.2 Å². The van der Waals surface area contributed by atoms with E-state index >= 15 is 0 Å². The van der Waals surface area contributed by atoms with Crippen molar-refractivity contribution in [3.63, 3.8) is 0 Å². The van der Waals surface area contributed by atoms with E-state index in [1.54, 1.807) is 41.4 Å². The van der Waals surface area contributed by atoms with Gasteiger partial charge < -0.3 is 9.64 Å². The largest absolute Gasteiger partial charge is 0.573 e. The molecular formula is C19H15F3N2O3S. The normalized spacial score (nSPS) is 15.2. The van der Waals surface area contributed by atoms with Gasteiger partial charge in [0.25, 0.3) is 11.3 Å². The Morgan fingerprint density at radius 2 is 1.68 bits per heavy atom. The van der Waals surface area contributed by atoms with E-state index in [0.29, 0.717) is 17.1 Å². The Labute approximate surface area is 161 Å². The first-order valence-electron chi connectivity index (χ1n) is 7.93. The predicted molar refractivity (Wildman–Crippen MR) is 103 cm³/mol. The van der Waals surface area contributed by atoms with Gasteiger partial charge in [0.2, 0.25) is 0 Å². The molecule has 2 N–H and O–H groups in total. The van der Waals surface area contributed by atoms with E-state index in [-0.39, 0.29) is 5.75 Å². The summed E-state index contributed by atoms with van der Waals surface area (Å²) in [5.74, 6) is -0.303. The highest BCUT2D eigenvalue weighted by molar-refractivity contribution is 7.80. The Hall–Kier alpha value is -3.04. The first-order valence-corrected chi connectivity index (χ1v) is 9.04. The maximum absolute atomic E-state index is 12.3. The number of halogens is 3. The van der Waals surface area contributed by atoms with Gasteiger partial charge in [-0.25, -0.2) is 4.21 Å². The van der Waals surface area contributed by atoms with Gasteiger partial charge in [0.15, 0.2) is 0 Å². The van der Waals surface area contributed by atoms with Crippen LogP contribution in [-0.4, -0.2) is 15.1 Å². The molecule has 28 heavy (non-hydrogen) atoms. The molecule has 0 saturated heterocycles. The number of hydrogen-bond donors (Lipinski definition) is 2. The number of nitrogens with zero attached hydrogens (tertiary/aromatic N) is 1. The SMILES string of the molecule is C=C1C=CC(c2ccc(NS(=O)O)cc2)=CN1c1ccc(OC(F)(F)F)cc1. The summed E-state index contributed by atoms with van der Waals surface area (Å²) < 4.78 is 62.8. The fourth-order valence-electron chi connectivity index (χ4n) is 2.58. The fourth-order valence-corrected chi connectivity index (χ4v) is 2.92. The molecule has 0 bridgehead atoms. The number of rotatable bonds is 5. The van der Waals surface area contributed by atoms with E-state index in [1.807, 2.05) is 6.08 Å². The van der Waals surface area contributed by atoms with Gasteiger partial charge in [-0.3, -0.25) is 9.27 Å². The van der Waals surface area contributed by atoms with Crippen molar-refractivity contribution < 1.29 is 26.7 Å². The molecule has 2 aromatic rings. The lowest BCUT2D eigenvalue weighted by Gasteiger charge is -2.25. The maximum atomic E-state index is 12.3. The third-order valence-corrected chi connectivity index (χ3v) is 4.22. The zero-order chi connectivity index (χ0) is 20.3. The first kappa shape index (κ1) is 19.7. The molecule has 146 valence electrons. The summed E-state index contributed by atoms with van der Waals surface area (Å²) >= 11 is -2.15. The molecule has 1 unspecified atom stereocenters. The molecule has 0 fully saturated rings. The molecule has 0 amide bonds. The molecule has 0 radical (unpaired) electrons. The Kier molecular flexibility index (Phi) is 5.57. The van der Waals surface area contributed by atoms with E-state index in [1.165, 1.54) is 24.3 Å². The number of nitrogens with one attached hydrogen (secondary N) is 1. The Morgan fingerprint density at radius 3 is 2.25 bits per heavy atom. The van der Waals surface area contributed by atoms with Crippen LogP contribution in [0.5, 0.6) is 5.75 Å². The van der Waals surface area contributed by atoms with Gasteiger partial charge in [0.1, 0.15) is 5.75 Å². The van der Waals surface area contributed by atoms with Crippen molar-refractivity contribution in [2.75, 3.05) is 9.62 Å². The molecule has 1 heterocycles. The molecule has 3 rings (SSSR count). The molecule has 1 aliphatic rings. The average Bonchev–Trinajstić information content (AvgIpc) is 2.62. The summed E-state index contributed by atoms with van der Waals surface area (Å²) in [4.78, 5) is 1.74. The van der Waals surface area contributed by atoms with Crippen LogP contribution in [0.15, 0.2) is 79.2 Å². The summed E-state index contributed by atoms with van der Waals surface area (Å²) in [5, 5.41) is 0. The second kappa shape index (κ2) is 7.91. The van der Waals surface area contributed by atoms with E-state index < -0.39 is 17.6 Å². The lowest BCUT2D eigenvalue weighted by molar-refractivity contribution is -0.274. The topological polar surface area (TPSA) is 61.8 Å². The van der Waals surface area contributed by atoms with Gasteiger partial charge >= 0.3 is 6.36 Å². The minimum Gasteiger partial charge on any atom is -0.406 e. The van der Waals surface area contributed by atoms with Crippen LogP contribution in [0, 0.1) is 0 Å². The van der Waals surface area contributed by atoms with Crippen LogP contribution in [0.2, 0.25) is 0 Å². The smallest absolute Gasteiger partial charge is 0.406 e. The Balaban J connectivity index is 1.82. The minimum atomic E-state index is -4.74. The van der Waals surface area contributed by atoms with E-state index in [9.17, 15) is 17.4 Å². The molecule has 5 nitrogen and oxygen atoms in total. The summed E-state index contributed by atoms with van der Waals surface area (Å²) in [6.07, 6.45) is 0.696. The van der Waals surface area contributed by atoms with Crippen molar-refractivity contribution in [1.29, 1.82) is 0 Å². The van der Waals surface area contributed by atoms with Gasteiger partial charge in [0.05, 0.1) is 0 Å². The van der Waals surface area contributed by atoms with Crippen LogP contribution in [0.4, 0.5) is 24.5 Å². The predicted octanol–water partition coefficient (Wildman–Crippen LogP) is 5.06. The van der Waals surface area contributed by atoms with Crippen molar-refractivity contribution in [3.8, 4) is 5.75 Å². The van der Waals surface area contributed by atoms with Crippen molar-refractivity contribution in [2.24, 2.45) is 0 Å². The number of anilines is 2. The molecule has 0 saturated carbocycles. The molecule has 0 aliphatic carbocycles. The standard InChI is InChI=1S/C19H15F3N2O3S/c1-13-2-3-15(14-4-6-16(7-5-14)23-28(25)26)12-24(13)17-8-10-18(11-9-17)27-19(20,21)22/h2-12,23H,1H2,(H,25,26). The van der Waals surface area contributed by atoms with Crippen LogP contribution in [-0.2, 0) is 11.3 Å². The highest BCUT2D eigenvalue weighted by atomic mass is 32.2. The van der Waals surface area contributed by atoms with Crippen molar-refractivity contribution in [2.45, 2.75) is 6.36 Å². The van der Waals surface area contributed by atoms with Gasteiger partial charge in [-0.1, -0.05) is 24.8 Å². The third kappa shape index (κ3) is 5.02. The first-order chi connectivity index (χ1) is 13.2. The maximum Gasteiger partial charge on any atom is 0.573 e. The van der Waals surface area contributed by atoms with E-state index in [0.717, 1.165) is 11.1 Å². The second-order valence-corrected chi connectivity index (χ2v) is 6.45. The number of alkyl halides is 3. The minimum absolute atomic E-state index is 0.303. The van der Waals surface area contributed by atoms with Crippen molar-refractivity contribution >= 4 is 28.2 Å². The molecule has 2 aromatic carbocycles. The summed E-state index contributed by atoms with van der Waals surface area (Å²) in [6.45, 7) is 3.94. The van der Waals surface area contributed by atoms with Crippen molar-refractivity contribution in [1.82, 2.24) is 0 Å². The lowest BCUT2D eigenvalue weighted by atomic mass is 10.0. The molecule has 9 heteroatoms. The molecular weight excluding hydrogens is 393 g/mol. The van der Waals surface area contributed by atoms with Crippen LogP contribution >= 0.6 is 0 Å². The zero-order valence-corrected chi connectivity index (χ0v) is 15.1. The van der Waals surface area contributed by atoms with Gasteiger partial charge in [-0.2, -0.15) is 0 Å². The van der Waals surface area contributed by atoms with E-state index in [2.05, 4.69) is 16.0 Å². The van der Waals surface area contributed by atoms with Crippen LogP contribution in [0.1, 0.15) is 5.56 Å². The molecule has 0 spiro atoms. The number of allylic oxidation sites excluding steroid dienone is 3. The van der Waals surface area contributed by atoms with E-state index in [4.69, 9.17) is 4.55 Å². The monoisotopic (exact) mass is 408 g/mol. The highest BCUT2D eigenvalue weighted by Crippen LogP contribution is 2.31. The Morgan fingerprint density at radius 1 is 1.04 bits per heavy atom. The third-order valence-electron chi connectivity index (χ3n) is 3.80. The number of ether oxygens (including phenoxy) is 1. The quantitative estimate of drug-likeness (QED) is 0.679. The summed E-state index contributed by atoms with van der Waals surface area (Å²) in [6, 6.07) is 12.3. The van der Waals surface area contributed by atoms with Crippen LogP contribution < -0.4 is 14.4 Å². The number of hydrogen-bond acceptors (Lipinski definition) is 3. The summed E-state index contributed by atoms with van der Waals surface area (Å²) in [5.41, 5.74) is 3.43. The zero-order valence-electron chi connectivity index (χ0n) is 14.3. The van der Waals surface area contributed by atoms with Crippen molar-refractivity contribution in [3.05, 3.63) is 84.7 Å². The lowest BCUT2D eigenvalue weighted by Crippen LogP contribution is -2.18.